The predicted molar refractivity (Wildman–Crippen MR) is 123 cm³/mol. The Bertz CT molecular complexity index is 382. The van der Waals surface area contributed by atoms with E-state index in [0.29, 0.717) is 6.42 Å². The van der Waals surface area contributed by atoms with E-state index < -0.39 is 0 Å². The van der Waals surface area contributed by atoms with Crippen LogP contribution in [0.4, 0.5) is 0 Å². The summed E-state index contributed by atoms with van der Waals surface area (Å²) < 4.78 is 0. The second kappa shape index (κ2) is 18.4. The number of unbranched alkanes of at least 4 members (excludes halogenated alkanes) is 13. The highest BCUT2D eigenvalue weighted by Crippen LogP contribution is 2.26. The Kier molecular flexibility index (Phi) is 16.9. The Morgan fingerprint density at radius 2 is 1.28 bits per heavy atom. The van der Waals surface area contributed by atoms with Crippen molar-refractivity contribution in [1.82, 2.24) is 0 Å². The summed E-state index contributed by atoms with van der Waals surface area (Å²) in [5.41, 5.74) is 0. The van der Waals surface area contributed by atoms with Gasteiger partial charge in [0, 0.05) is 12.3 Å². The first kappa shape index (κ1) is 26.6. The van der Waals surface area contributed by atoms with Crippen molar-refractivity contribution in [2.24, 2.45) is 5.92 Å². The van der Waals surface area contributed by atoms with E-state index in [1.807, 2.05) is 0 Å². The summed E-state index contributed by atoms with van der Waals surface area (Å²) in [4.78, 5) is 11.9. The Hall–Kier alpha value is -0.410. The molecule has 3 nitrogen and oxygen atoms in total. The monoisotopic (exact) mass is 410 g/mol. The van der Waals surface area contributed by atoms with Gasteiger partial charge in [-0.2, -0.15) is 0 Å². The minimum Gasteiger partial charge on any atom is -0.393 e. The fraction of sp³-hybridized carbons (Fsp3) is 0.962. The molecule has 0 amide bonds. The number of hydrogen-bond acceptors (Lipinski definition) is 3. The molecule has 0 heterocycles. The molecule has 1 rings (SSSR count). The molecule has 0 aromatic heterocycles. The molecule has 0 aliphatic heterocycles. The summed E-state index contributed by atoms with van der Waals surface area (Å²) >= 11 is 0. The number of Topliss-reactive ketones (excluding diaryl/α,β-unsaturated/α-hetero) is 1. The zero-order valence-corrected chi connectivity index (χ0v) is 19.4. The number of hydrogen-bond donors (Lipinski definition) is 2. The van der Waals surface area contributed by atoms with Crippen LogP contribution in [0.3, 0.4) is 0 Å². The summed E-state index contributed by atoms with van der Waals surface area (Å²) in [6, 6.07) is 0. The van der Waals surface area contributed by atoms with Gasteiger partial charge in [0.15, 0.2) is 0 Å². The molecule has 0 saturated heterocycles. The van der Waals surface area contributed by atoms with Gasteiger partial charge in [-0.25, -0.2) is 0 Å². The molecule has 2 N–H and O–H groups in total. The molecule has 0 bridgehead atoms. The molecular weight excluding hydrogens is 360 g/mol. The Morgan fingerprint density at radius 3 is 1.79 bits per heavy atom. The van der Waals surface area contributed by atoms with Crippen LogP contribution in [0.5, 0.6) is 0 Å². The average Bonchev–Trinajstić information content (AvgIpc) is 2.70. The lowest BCUT2D eigenvalue weighted by Crippen LogP contribution is -2.32. The van der Waals surface area contributed by atoms with Crippen LogP contribution in [0.25, 0.3) is 0 Å². The fourth-order valence-electron chi connectivity index (χ4n) is 4.73. The van der Waals surface area contributed by atoms with E-state index in [0.717, 1.165) is 44.9 Å². The van der Waals surface area contributed by atoms with Crippen LogP contribution in [-0.4, -0.2) is 28.2 Å². The third-order valence-corrected chi connectivity index (χ3v) is 6.74. The summed E-state index contributed by atoms with van der Waals surface area (Å²) in [6.07, 6.45) is 23.8. The van der Waals surface area contributed by atoms with Crippen LogP contribution >= 0.6 is 0 Å². The van der Waals surface area contributed by atoms with E-state index >= 15 is 0 Å². The summed E-state index contributed by atoms with van der Waals surface area (Å²) in [5, 5.41) is 20.1. The SMILES string of the molecule is CCCCCCCCCCC(O)CCCCCCCCC[C@H]1C(=O)CCCC1O. The molecule has 3 atom stereocenters. The maximum atomic E-state index is 11.9. The van der Waals surface area contributed by atoms with Gasteiger partial charge < -0.3 is 10.2 Å². The van der Waals surface area contributed by atoms with Gasteiger partial charge in [-0.3, -0.25) is 4.79 Å². The molecular formula is C26H50O3. The Labute approximate surface area is 181 Å². The Balaban J connectivity index is 1.81. The van der Waals surface area contributed by atoms with Gasteiger partial charge in [0.2, 0.25) is 0 Å². The van der Waals surface area contributed by atoms with Crippen molar-refractivity contribution >= 4 is 5.78 Å². The number of ketones is 1. The van der Waals surface area contributed by atoms with E-state index in [9.17, 15) is 15.0 Å². The van der Waals surface area contributed by atoms with E-state index in [1.54, 1.807) is 0 Å². The minimum absolute atomic E-state index is 0.0775. The number of aliphatic hydroxyl groups is 2. The maximum absolute atomic E-state index is 11.9. The zero-order valence-electron chi connectivity index (χ0n) is 19.4. The molecule has 29 heavy (non-hydrogen) atoms. The van der Waals surface area contributed by atoms with Crippen LogP contribution in [0, 0.1) is 5.92 Å². The lowest BCUT2D eigenvalue weighted by Gasteiger charge is -2.26. The van der Waals surface area contributed by atoms with Crippen molar-refractivity contribution in [1.29, 1.82) is 0 Å². The molecule has 1 aliphatic rings. The van der Waals surface area contributed by atoms with Crippen LogP contribution in [0.2, 0.25) is 0 Å². The van der Waals surface area contributed by atoms with Crippen molar-refractivity contribution < 1.29 is 15.0 Å². The molecule has 3 heteroatoms. The van der Waals surface area contributed by atoms with Crippen molar-refractivity contribution in [3.8, 4) is 0 Å². The second-order valence-corrected chi connectivity index (χ2v) is 9.50. The van der Waals surface area contributed by atoms with Gasteiger partial charge in [0.1, 0.15) is 5.78 Å². The van der Waals surface area contributed by atoms with Gasteiger partial charge in [-0.1, -0.05) is 103 Å². The highest BCUT2D eigenvalue weighted by atomic mass is 16.3. The minimum atomic E-state index is -0.381. The number of rotatable bonds is 19. The molecule has 0 aromatic rings. The van der Waals surface area contributed by atoms with Crippen LogP contribution < -0.4 is 0 Å². The van der Waals surface area contributed by atoms with E-state index in [4.69, 9.17) is 0 Å². The first-order valence-electron chi connectivity index (χ1n) is 13.0. The van der Waals surface area contributed by atoms with Crippen molar-refractivity contribution in [2.45, 2.75) is 154 Å². The largest absolute Gasteiger partial charge is 0.393 e. The first-order valence-corrected chi connectivity index (χ1v) is 13.0. The molecule has 0 spiro atoms. The van der Waals surface area contributed by atoms with E-state index in [1.165, 1.54) is 83.5 Å². The molecule has 2 unspecified atom stereocenters. The average molecular weight is 411 g/mol. The van der Waals surface area contributed by atoms with Gasteiger partial charge in [-0.05, 0) is 32.1 Å². The third kappa shape index (κ3) is 14.3. The molecule has 172 valence electrons. The van der Waals surface area contributed by atoms with Crippen molar-refractivity contribution in [3.05, 3.63) is 0 Å². The maximum Gasteiger partial charge on any atom is 0.138 e. The highest BCUT2D eigenvalue weighted by Gasteiger charge is 2.29. The van der Waals surface area contributed by atoms with Crippen LogP contribution in [0.1, 0.15) is 142 Å². The van der Waals surface area contributed by atoms with Gasteiger partial charge in [0.05, 0.1) is 12.2 Å². The second-order valence-electron chi connectivity index (χ2n) is 9.50. The quantitative estimate of drug-likeness (QED) is 0.223. The molecule has 1 saturated carbocycles. The van der Waals surface area contributed by atoms with Crippen molar-refractivity contribution in [2.75, 3.05) is 0 Å². The third-order valence-electron chi connectivity index (χ3n) is 6.74. The van der Waals surface area contributed by atoms with Gasteiger partial charge in [0.25, 0.3) is 0 Å². The smallest absolute Gasteiger partial charge is 0.138 e. The van der Waals surface area contributed by atoms with Gasteiger partial charge in [-0.15, -0.1) is 0 Å². The normalized spacial score (nSPS) is 20.9. The van der Waals surface area contributed by atoms with Gasteiger partial charge >= 0.3 is 0 Å². The number of carbonyl (C=O) groups is 1. The van der Waals surface area contributed by atoms with Crippen LogP contribution in [-0.2, 0) is 4.79 Å². The summed E-state index contributed by atoms with van der Waals surface area (Å²) in [5.74, 6) is 0.209. The Morgan fingerprint density at radius 1 is 0.793 bits per heavy atom. The first-order chi connectivity index (χ1) is 14.1. The summed E-state index contributed by atoms with van der Waals surface area (Å²) in [7, 11) is 0. The lowest BCUT2D eigenvalue weighted by molar-refractivity contribution is -0.129. The van der Waals surface area contributed by atoms with E-state index in [-0.39, 0.29) is 23.9 Å². The molecule has 0 radical (unpaired) electrons. The standard InChI is InChI=1S/C26H50O3/c1-2-3-4-5-6-8-11-14-18-23(27)19-15-12-9-7-10-13-16-20-24-25(28)21-17-22-26(24)29/h23-25,27-28H,2-22H2,1H3/t23?,24-,25?/m1/s1. The van der Waals surface area contributed by atoms with Crippen molar-refractivity contribution in [3.63, 3.8) is 0 Å². The number of carbonyl (C=O) groups excluding carboxylic acids is 1. The number of aliphatic hydroxyl groups excluding tert-OH is 2. The molecule has 1 fully saturated rings. The lowest BCUT2D eigenvalue weighted by atomic mass is 9.82. The predicted octanol–water partition coefficient (Wildman–Crippen LogP) is 7.12. The fourth-order valence-corrected chi connectivity index (χ4v) is 4.73. The topological polar surface area (TPSA) is 57.5 Å². The molecule has 1 aliphatic carbocycles. The van der Waals surface area contributed by atoms with E-state index in [2.05, 4.69) is 6.92 Å². The van der Waals surface area contributed by atoms with Crippen LogP contribution in [0.15, 0.2) is 0 Å². The highest BCUT2D eigenvalue weighted by molar-refractivity contribution is 5.82. The molecule has 0 aromatic carbocycles. The zero-order chi connectivity index (χ0) is 21.2. The summed E-state index contributed by atoms with van der Waals surface area (Å²) in [6.45, 7) is 2.26.